The van der Waals surface area contributed by atoms with Gasteiger partial charge in [0.1, 0.15) is 5.60 Å². The number of fused-ring (bicyclic) bond motifs is 2. The van der Waals surface area contributed by atoms with E-state index in [1.807, 2.05) is 24.3 Å². The molecule has 1 aromatic heterocycles. The Morgan fingerprint density at radius 2 is 2.32 bits per heavy atom. The first-order valence-electron chi connectivity index (χ1n) is 7.98. The molecule has 0 amide bonds. The molecule has 3 aliphatic heterocycles. The molecule has 2 aromatic rings. The van der Waals surface area contributed by atoms with E-state index in [0.717, 1.165) is 24.1 Å². The van der Waals surface area contributed by atoms with Crippen molar-refractivity contribution in [1.82, 2.24) is 14.9 Å². The van der Waals surface area contributed by atoms with Crippen molar-refractivity contribution in [3.05, 3.63) is 24.3 Å². The van der Waals surface area contributed by atoms with Crippen LogP contribution in [-0.2, 0) is 4.74 Å². The lowest BCUT2D eigenvalue weighted by Crippen LogP contribution is -2.49. The van der Waals surface area contributed by atoms with E-state index >= 15 is 0 Å². The fraction of sp³-hybridized carbons (Fsp3) is 0.500. The number of benzene rings is 1. The molecule has 112 valence electrons. The van der Waals surface area contributed by atoms with E-state index in [1.54, 1.807) is 0 Å². The van der Waals surface area contributed by atoms with Crippen molar-refractivity contribution in [2.45, 2.75) is 24.0 Å². The first-order valence-corrected chi connectivity index (χ1v) is 7.98. The summed E-state index contributed by atoms with van der Waals surface area (Å²) in [6.45, 7) is 3.04. The lowest BCUT2D eigenvalue weighted by Gasteiger charge is -2.39. The molecular weight excluding hydrogens is 278 g/mol. The van der Waals surface area contributed by atoms with E-state index in [2.05, 4.69) is 25.2 Å². The van der Waals surface area contributed by atoms with Gasteiger partial charge >= 0.3 is 0 Å². The molecule has 1 saturated carbocycles. The molecule has 0 radical (unpaired) electrons. The smallest absolute Gasteiger partial charge is 0.292 e. The molecule has 22 heavy (non-hydrogen) atoms. The number of piperidine rings is 1. The van der Waals surface area contributed by atoms with Crippen LogP contribution in [0, 0.1) is 5.92 Å². The highest BCUT2D eigenvalue weighted by Crippen LogP contribution is 2.67. The number of hydrogen-bond acceptors (Lipinski definition) is 5. The van der Waals surface area contributed by atoms with E-state index < -0.39 is 0 Å². The zero-order valence-electron chi connectivity index (χ0n) is 12.2. The zero-order chi connectivity index (χ0) is 14.4. The maximum atomic E-state index is 6.28. The molecule has 3 atom stereocenters. The van der Waals surface area contributed by atoms with Gasteiger partial charge in [-0.25, -0.2) is 9.98 Å². The minimum absolute atomic E-state index is 0.0785. The van der Waals surface area contributed by atoms with E-state index in [9.17, 15) is 0 Å². The number of anilines is 1. The van der Waals surface area contributed by atoms with Crippen LogP contribution in [0.2, 0.25) is 0 Å². The van der Waals surface area contributed by atoms with Crippen LogP contribution in [0.15, 0.2) is 29.3 Å². The Labute approximate surface area is 127 Å². The van der Waals surface area contributed by atoms with Gasteiger partial charge in [0.2, 0.25) is 5.95 Å². The number of aromatic nitrogens is 2. The lowest BCUT2D eigenvalue weighted by molar-refractivity contribution is 0.0433. The Morgan fingerprint density at radius 3 is 3.05 bits per heavy atom. The predicted octanol–water partition coefficient (Wildman–Crippen LogP) is 1.58. The van der Waals surface area contributed by atoms with Crippen LogP contribution < -0.4 is 5.32 Å². The van der Waals surface area contributed by atoms with Crippen molar-refractivity contribution >= 4 is 23.0 Å². The van der Waals surface area contributed by atoms with Gasteiger partial charge in [-0.2, -0.15) is 0 Å². The standard InChI is InChI=1S/C16H17N5O/c1-2-4-11-10(3-1)18-13(19-11)20-14-17-8-16(22-14)9-21-6-5-15(21)7-12(15)16/h1-4,12H,5-9H2,(H2,17,18,19,20)/t12?,15?,16-/m0/s1. The number of aliphatic imine (C=N–C) groups is 1. The maximum absolute atomic E-state index is 6.28. The fourth-order valence-corrected chi connectivity index (χ4v) is 4.73. The van der Waals surface area contributed by atoms with Gasteiger partial charge < -0.3 is 9.72 Å². The summed E-state index contributed by atoms with van der Waals surface area (Å²) in [5, 5.41) is 3.21. The van der Waals surface area contributed by atoms with Gasteiger partial charge in [-0.1, -0.05) is 12.1 Å². The third-order valence-corrected chi connectivity index (χ3v) is 5.99. The van der Waals surface area contributed by atoms with Crippen LogP contribution >= 0.6 is 0 Å². The number of rotatable bonds is 1. The van der Waals surface area contributed by atoms with E-state index in [1.165, 1.54) is 19.4 Å². The van der Waals surface area contributed by atoms with Gasteiger partial charge in [-0.05, 0) is 25.0 Å². The van der Waals surface area contributed by atoms with Crippen LogP contribution in [0.3, 0.4) is 0 Å². The minimum atomic E-state index is -0.0785. The molecule has 4 heterocycles. The number of hydrogen-bond donors (Lipinski definition) is 2. The van der Waals surface area contributed by atoms with Gasteiger partial charge in [0, 0.05) is 24.5 Å². The molecule has 1 aromatic carbocycles. The largest absolute Gasteiger partial charge is 0.455 e. The molecule has 4 aliphatic rings. The monoisotopic (exact) mass is 295 g/mol. The van der Waals surface area contributed by atoms with Crippen LogP contribution in [0.5, 0.6) is 0 Å². The average Bonchev–Trinajstić information content (AvgIpc) is 2.95. The lowest BCUT2D eigenvalue weighted by atomic mass is 9.98. The van der Waals surface area contributed by atoms with Gasteiger partial charge in [-0.3, -0.25) is 10.2 Å². The number of H-pyrrole nitrogens is 1. The van der Waals surface area contributed by atoms with E-state index in [-0.39, 0.29) is 5.60 Å². The summed E-state index contributed by atoms with van der Waals surface area (Å²) in [5.41, 5.74) is 2.38. The summed E-state index contributed by atoms with van der Waals surface area (Å²) in [6, 6.07) is 8.61. The van der Waals surface area contributed by atoms with Gasteiger partial charge in [0.05, 0.1) is 17.6 Å². The number of ether oxygens (including phenoxy) is 1. The molecule has 1 aliphatic carbocycles. The number of amidine groups is 1. The van der Waals surface area contributed by atoms with Crippen molar-refractivity contribution < 1.29 is 4.74 Å². The summed E-state index contributed by atoms with van der Waals surface area (Å²) < 4.78 is 6.28. The molecule has 3 fully saturated rings. The molecular formula is C16H17N5O. The topological polar surface area (TPSA) is 65.5 Å². The highest BCUT2D eigenvalue weighted by Gasteiger charge is 2.77. The Balaban J connectivity index is 1.24. The summed E-state index contributed by atoms with van der Waals surface area (Å²) in [6.07, 6.45) is 2.63. The molecule has 6 heteroatoms. The number of aromatic amines is 1. The molecule has 6 rings (SSSR count). The SMILES string of the molecule is c1ccc2[nH]c(NC3=NC[C@@]4(CN5CCC56CC64)O3)nc2c1. The Bertz CT molecular complexity index is 796. The first-order chi connectivity index (χ1) is 10.8. The summed E-state index contributed by atoms with van der Waals surface area (Å²) in [4.78, 5) is 15.0. The third kappa shape index (κ3) is 1.26. The van der Waals surface area contributed by atoms with Crippen molar-refractivity contribution in [1.29, 1.82) is 0 Å². The Morgan fingerprint density at radius 1 is 1.36 bits per heavy atom. The van der Waals surface area contributed by atoms with Crippen LogP contribution in [0.1, 0.15) is 12.8 Å². The van der Waals surface area contributed by atoms with Crippen molar-refractivity contribution in [2.24, 2.45) is 10.9 Å². The molecule has 6 nitrogen and oxygen atoms in total. The van der Waals surface area contributed by atoms with Gasteiger partial charge in [-0.15, -0.1) is 0 Å². The number of nitrogens with zero attached hydrogens (tertiary/aromatic N) is 3. The highest BCUT2D eigenvalue weighted by molar-refractivity contribution is 5.91. The Hall–Kier alpha value is -2.08. The second kappa shape index (κ2) is 3.46. The Kier molecular flexibility index (Phi) is 1.80. The van der Waals surface area contributed by atoms with Crippen molar-refractivity contribution in [2.75, 3.05) is 25.0 Å². The van der Waals surface area contributed by atoms with Gasteiger partial charge in [0.15, 0.2) is 0 Å². The molecule has 0 bridgehead atoms. The number of para-hydroxylation sites is 2. The zero-order valence-corrected chi connectivity index (χ0v) is 12.2. The highest BCUT2D eigenvalue weighted by atomic mass is 16.5. The van der Waals surface area contributed by atoms with Crippen LogP contribution in [0.25, 0.3) is 11.0 Å². The van der Waals surface area contributed by atoms with Gasteiger partial charge in [0.25, 0.3) is 6.02 Å². The quantitative estimate of drug-likeness (QED) is 0.838. The van der Waals surface area contributed by atoms with Crippen molar-refractivity contribution in [3.8, 4) is 0 Å². The summed E-state index contributed by atoms with van der Waals surface area (Å²) in [7, 11) is 0. The minimum Gasteiger partial charge on any atom is -0.455 e. The molecule has 2 saturated heterocycles. The third-order valence-electron chi connectivity index (χ3n) is 5.99. The predicted molar refractivity (Wildman–Crippen MR) is 82.9 cm³/mol. The second-order valence-electron chi connectivity index (χ2n) is 7.05. The van der Waals surface area contributed by atoms with Crippen LogP contribution in [0.4, 0.5) is 5.95 Å². The van der Waals surface area contributed by atoms with Crippen molar-refractivity contribution in [3.63, 3.8) is 0 Å². The number of imidazole rings is 1. The number of nitrogens with one attached hydrogen (secondary N) is 2. The van der Waals surface area contributed by atoms with E-state index in [4.69, 9.17) is 4.74 Å². The van der Waals surface area contributed by atoms with E-state index in [0.29, 0.717) is 23.4 Å². The fourth-order valence-electron chi connectivity index (χ4n) is 4.73. The molecule has 2 N–H and O–H groups in total. The maximum Gasteiger partial charge on any atom is 0.292 e. The van der Waals surface area contributed by atoms with Crippen LogP contribution in [-0.4, -0.2) is 51.7 Å². The summed E-state index contributed by atoms with van der Waals surface area (Å²) in [5.74, 6) is 1.37. The normalized spacial score (nSPS) is 38.4. The molecule has 2 unspecified atom stereocenters. The summed E-state index contributed by atoms with van der Waals surface area (Å²) >= 11 is 0. The average molecular weight is 295 g/mol. The first kappa shape index (κ1) is 11.5. The molecule has 2 spiro atoms. The second-order valence-corrected chi connectivity index (χ2v) is 7.05.